The quantitative estimate of drug-likeness (QED) is 0.133. The van der Waals surface area contributed by atoms with Gasteiger partial charge in [-0.3, -0.25) is 0 Å². The SMILES string of the molecule is CNCC1=CC2CC3(O)C4(O)C(O)C5CC(C(C)C6CCCC6)CCC6C(O)CCC(C=O)(C4CCC3(C3CCCCC3)C2C2=CC(=O)OC12)C65O. The largest absolute Gasteiger partial charge is 0.450 e. The highest BCUT2D eigenvalue weighted by Gasteiger charge is 2.85. The van der Waals surface area contributed by atoms with Gasteiger partial charge in [-0.05, 0) is 118 Å². The number of ether oxygens (including phenoxy) is 1. The predicted octanol–water partition coefficient (Wildman–Crippen LogP) is 4.38. The van der Waals surface area contributed by atoms with E-state index in [1.165, 1.54) is 25.7 Å². The third-order valence-electron chi connectivity index (χ3n) is 18.1. The Kier molecular flexibility index (Phi) is 8.62. The van der Waals surface area contributed by atoms with Gasteiger partial charge in [-0.25, -0.2) is 4.79 Å². The molecule has 0 aromatic rings. The van der Waals surface area contributed by atoms with E-state index in [0.717, 1.165) is 56.0 Å². The molecule has 52 heavy (non-hydrogen) atoms. The van der Waals surface area contributed by atoms with Crippen molar-refractivity contribution >= 4 is 12.3 Å². The predicted molar refractivity (Wildman–Crippen MR) is 193 cm³/mol. The Morgan fingerprint density at radius 1 is 0.904 bits per heavy atom. The number of aliphatic hydroxyl groups is 5. The molecular weight excluding hydrogens is 658 g/mol. The molecule has 0 aromatic heterocycles. The number of carbonyl (C=O) groups is 2. The molecule has 9 heteroatoms. The van der Waals surface area contributed by atoms with Crippen LogP contribution in [0.4, 0.5) is 0 Å². The Morgan fingerprint density at radius 3 is 2.35 bits per heavy atom. The normalized spacial score (nSPS) is 52.2. The molecule has 0 radical (unpaired) electrons. The van der Waals surface area contributed by atoms with E-state index in [2.05, 4.69) is 18.3 Å². The molecule has 0 aromatic carbocycles. The highest BCUT2D eigenvalue weighted by atomic mass is 16.5. The lowest BCUT2D eigenvalue weighted by molar-refractivity contribution is -0.379. The van der Waals surface area contributed by atoms with Crippen molar-refractivity contribution in [2.75, 3.05) is 13.6 Å². The van der Waals surface area contributed by atoms with Crippen LogP contribution in [0.2, 0.25) is 0 Å². The minimum Gasteiger partial charge on any atom is -0.450 e. The Balaban J connectivity index is 1.23. The van der Waals surface area contributed by atoms with Crippen molar-refractivity contribution < 1.29 is 39.9 Å². The average molecular weight is 722 g/mol. The highest BCUT2D eigenvalue weighted by Crippen LogP contribution is 2.78. The molecule has 9 nitrogen and oxygen atoms in total. The van der Waals surface area contributed by atoms with Crippen LogP contribution < -0.4 is 5.32 Å². The molecule has 1 aliphatic heterocycles. The fourth-order valence-corrected chi connectivity index (χ4v) is 16.2. The fourth-order valence-electron chi connectivity index (χ4n) is 16.2. The maximum atomic E-state index is 14.1. The fraction of sp³-hybridized carbons (Fsp3) is 0.860. The molecule has 15 unspecified atom stereocenters. The second kappa shape index (κ2) is 12.4. The van der Waals surface area contributed by atoms with Crippen molar-refractivity contribution in [2.45, 2.75) is 151 Å². The van der Waals surface area contributed by atoms with Gasteiger partial charge in [-0.1, -0.05) is 57.9 Å². The monoisotopic (exact) mass is 721 g/mol. The summed E-state index contributed by atoms with van der Waals surface area (Å²) in [5.74, 6) is -2.09. The number of aldehydes is 1. The molecule has 0 spiro atoms. The first-order chi connectivity index (χ1) is 24.9. The Morgan fingerprint density at radius 2 is 1.63 bits per heavy atom. The number of allylic oxidation sites excluding steroid dienone is 1. The van der Waals surface area contributed by atoms with Crippen LogP contribution in [-0.4, -0.2) is 86.5 Å². The van der Waals surface area contributed by atoms with Crippen LogP contribution in [0.5, 0.6) is 0 Å². The topological polar surface area (TPSA) is 157 Å². The third-order valence-corrected chi connectivity index (χ3v) is 18.1. The third kappa shape index (κ3) is 4.33. The molecule has 288 valence electrons. The van der Waals surface area contributed by atoms with Crippen LogP contribution >= 0.6 is 0 Å². The van der Waals surface area contributed by atoms with E-state index in [1.807, 2.05) is 7.05 Å². The number of esters is 1. The van der Waals surface area contributed by atoms with Crippen molar-refractivity contribution in [3.05, 3.63) is 23.3 Å². The van der Waals surface area contributed by atoms with Crippen LogP contribution in [0.3, 0.4) is 0 Å². The Hall–Kier alpha value is -1.62. The van der Waals surface area contributed by atoms with E-state index in [0.29, 0.717) is 50.5 Å². The van der Waals surface area contributed by atoms with Crippen molar-refractivity contribution in [1.82, 2.24) is 5.32 Å². The lowest BCUT2D eigenvalue weighted by Gasteiger charge is -2.74. The van der Waals surface area contributed by atoms with Gasteiger partial charge in [-0.15, -0.1) is 0 Å². The molecule has 15 atom stereocenters. The van der Waals surface area contributed by atoms with Crippen LogP contribution in [0.1, 0.15) is 116 Å². The minimum absolute atomic E-state index is 0.0492. The molecule has 7 fully saturated rings. The van der Waals surface area contributed by atoms with Gasteiger partial charge < -0.3 is 40.4 Å². The standard InChI is InChI=1S/C43H63NO8/c1-24(25-8-6-7-9-25)26-12-13-31-33(46)14-16-39(23-45)34-15-17-40(29-10-4-3-5-11-29)36-27(18-28(22-44-2)37-30(36)20-35(47)52-37)21-41(40,49)43(34,51)38(48)32(19-26)42(31,39)50/h18,20,23-27,29,31-34,36-38,44,46,48-51H,3-17,19,21-22H2,1-2H3. The van der Waals surface area contributed by atoms with E-state index in [1.54, 1.807) is 6.08 Å². The lowest BCUT2D eigenvalue weighted by Crippen LogP contribution is -2.85. The van der Waals surface area contributed by atoms with Gasteiger partial charge in [0.05, 0.1) is 23.2 Å². The molecule has 1 heterocycles. The van der Waals surface area contributed by atoms with E-state index in [-0.39, 0.29) is 42.5 Å². The molecule has 0 saturated heterocycles. The summed E-state index contributed by atoms with van der Waals surface area (Å²) in [6.07, 6.45) is 15.1. The maximum absolute atomic E-state index is 14.1. The first-order valence-electron chi connectivity index (χ1n) is 21.2. The number of fused-ring (bicyclic) bond motifs is 8. The molecule has 0 amide bonds. The first kappa shape index (κ1) is 36.0. The zero-order valence-corrected chi connectivity index (χ0v) is 31.3. The summed E-state index contributed by atoms with van der Waals surface area (Å²) in [6, 6.07) is 0. The van der Waals surface area contributed by atoms with E-state index >= 15 is 0 Å². The summed E-state index contributed by atoms with van der Waals surface area (Å²) in [6.45, 7) is 2.83. The molecule has 0 bridgehead atoms. The van der Waals surface area contributed by atoms with Crippen LogP contribution in [-0.2, 0) is 14.3 Å². The summed E-state index contributed by atoms with van der Waals surface area (Å²) < 4.78 is 5.97. The van der Waals surface area contributed by atoms with Crippen molar-refractivity contribution in [3.8, 4) is 0 Å². The number of aliphatic hydroxyl groups excluding tert-OH is 2. The van der Waals surface area contributed by atoms with E-state index < -0.39 is 63.7 Å². The summed E-state index contributed by atoms with van der Waals surface area (Å²) >= 11 is 0. The average Bonchev–Trinajstić information content (AvgIpc) is 3.84. The Bertz CT molecular complexity index is 1520. The van der Waals surface area contributed by atoms with Gasteiger partial charge in [0, 0.05) is 35.8 Å². The second-order valence-corrected chi connectivity index (χ2v) is 19.5. The number of nitrogens with one attached hydrogen (secondary N) is 1. The second-order valence-electron chi connectivity index (χ2n) is 19.5. The Labute approximate surface area is 309 Å². The van der Waals surface area contributed by atoms with E-state index in [4.69, 9.17) is 4.74 Å². The molecule has 8 aliphatic carbocycles. The number of hydrogen-bond donors (Lipinski definition) is 6. The van der Waals surface area contributed by atoms with Gasteiger partial charge >= 0.3 is 5.97 Å². The minimum atomic E-state index is -2.09. The van der Waals surface area contributed by atoms with Crippen molar-refractivity contribution in [2.24, 2.45) is 64.1 Å². The zero-order chi connectivity index (χ0) is 36.4. The smallest absolute Gasteiger partial charge is 0.331 e. The van der Waals surface area contributed by atoms with Gasteiger partial charge in [0.15, 0.2) is 0 Å². The van der Waals surface area contributed by atoms with Gasteiger partial charge in [0.1, 0.15) is 23.6 Å². The number of likely N-dealkylation sites (N-methyl/N-ethyl adjacent to an activating group) is 1. The van der Waals surface area contributed by atoms with Crippen LogP contribution in [0.15, 0.2) is 23.3 Å². The van der Waals surface area contributed by atoms with Crippen LogP contribution in [0, 0.1) is 64.1 Å². The number of carbonyl (C=O) groups excluding carboxylic acids is 2. The molecule has 7 saturated carbocycles. The lowest BCUT2D eigenvalue weighted by atomic mass is 9.34. The highest BCUT2D eigenvalue weighted by molar-refractivity contribution is 5.87. The molecule has 9 aliphatic rings. The summed E-state index contributed by atoms with van der Waals surface area (Å²) in [4.78, 5) is 27.1. The molecule has 9 rings (SSSR count). The maximum Gasteiger partial charge on any atom is 0.331 e. The molecular formula is C43H63NO8. The first-order valence-corrected chi connectivity index (χ1v) is 21.2. The number of rotatable bonds is 6. The number of hydrogen-bond acceptors (Lipinski definition) is 9. The van der Waals surface area contributed by atoms with Crippen LogP contribution in [0.25, 0.3) is 0 Å². The summed E-state index contributed by atoms with van der Waals surface area (Å²) in [5, 5.41) is 69.5. The van der Waals surface area contributed by atoms with E-state index in [9.17, 15) is 35.1 Å². The van der Waals surface area contributed by atoms with Crippen molar-refractivity contribution in [3.63, 3.8) is 0 Å². The summed E-state index contributed by atoms with van der Waals surface area (Å²) in [7, 11) is 1.87. The van der Waals surface area contributed by atoms with Crippen molar-refractivity contribution in [1.29, 1.82) is 0 Å². The van der Waals surface area contributed by atoms with Gasteiger partial charge in [-0.2, -0.15) is 0 Å². The zero-order valence-electron chi connectivity index (χ0n) is 31.3. The van der Waals surface area contributed by atoms with Gasteiger partial charge in [0.2, 0.25) is 0 Å². The van der Waals surface area contributed by atoms with Gasteiger partial charge in [0.25, 0.3) is 0 Å². The molecule has 6 N–H and O–H groups in total. The summed E-state index contributed by atoms with van der Waals surface area (Å²) in [5.41, 5.74) is -6.05.